The van der Waals surface area contributed by atoms with Crippen molar-refractivity contribution in [1.29, 1.82) is 10.8 Å². The van der Waals surface area contributed by atoms with Crippen molar-refractivity contribution in [1.82, 2.24) is 4.90 Å². The van der Waals surface area contributed by atoms with Gasteiger partial charge in [-0.25, -0.2) is 8.42 Å². The summed E-state index contributed by atoms with van der Waals surface area (Å²) in [5, 5.41) is 24.8. The van der Waals surface area contributed by atoms with Gasteiger partial charge in [0.2, 0.25) is 10.0 Å². The summed E-state index contributed by atoms with van der Waals surface area (Å²) in [5.41, 5.74) is 6.89. The molecule has 2 aromatic carbocycles. The molecule has 5 N–H and O–H groups in total. The quantitative estimate of drug-likeness (QED) is 0.207. The highest BCUT2D eigenvalue weighted by atomic mass is 35.5. The average Bonchev–Trinajstić information content (AvgIpc) is 2.86. The summed E-state index contributed by atoms with van der Waals surface area (Å²) >= 11 is 6.49. The third-order valence-corrected chi connectivity index (χ3v) is 8.00. The van der Waals surface area contributed by atoms with Crippen LogP contribution in [0.2, 0.25) is 5.02 Å². The Kier molecular flexibility index (Phi) is 13.8. The monoisotopic (exact) mass is 633 g/mol. The predicted molar refractivity (Wildman–Crippen MR) is 164 cm³/mol. The van der Waals surface area contributed by atoms with Crippen LogP contribution in [0.4, 0.5) is 5.69 Å². The van der Waals surface area contributed by atoms with Crippen LogP contribution in [0.5, 0.6) is 5.75 Å². The van der Waals surface area contributed by atoms with Gasteiger partial charge in [-0.2, -0.15) is 0 Å². The van der Waals surface area contributed by atoms with Crippen LogP contribution < -0.4 is 14.8 Å². The number of piperidine rings is 1. The van der Waals surface area contributed by atoms with E-state index in [1.54, 1.807) is 42.5 Å². The standard InChI is InChI=1S/C26H32ClN5O5S.2ClH/c1-2-24(28)31-13-10-20(11-14-31)37-21-8-9-23(22(27)16-21)32(38(35,36)17-25(33)34)12-4-6-18-5-3-7-19(15-18)26(29)30;;/h3-9,15-16,20,28H,2,10-14,17H2,1H3,(H3,29,30)(H,33,34);2*1H/b6-4+,28-24?;;. The number of halogens is 3. The van der Waals surface area contributed by atoms with E-state index < -0.39 is 21.7 Å². The number of amidine groups is 2. The van der Waals surface area contributed by atoms with Crippen molar-refractivity contribution in [2.24, 2.45) is 5.73 Å². The Morgan fingerprint density at radius 1 is 1.20 bits per heavy atom. The summed E-state index contributed by atoms with van der Waals surface area (Å²) in [4.78, 5) is 13.3. The molecule has 0 radical (unpaired) electrons. The fourth-order valence-electron chi connectivity index (χ4n) is 4.11. The molecular weight excluding hydrogens is 601 g/mol. The van der Waals surface area contributed by atoms with Crippen molar-refractivity contribution >= 4 is 75.8 Å². The normalized spacial score (nSPS) is 13.7. The number of nitrogen functional groups attached to an aromatic ring is 1. The van der Waals surface area contributed by atoms with Crippen molar-refractivity contribution in [3.05, 3.63) is 64.7 Å². The second-order valence-corrected chi connectivity index (χ2v) is 11.1. The van der Waals surface area contributed by atoms with Gasteiger partial charge >= 0.3 is 5.97 Å². The number of ether oxygens (including phenoxy) is 1. The Bertz CT molecular complexity index is 1330. The first kappa shape index (κ1) is 35.0. The minimum atomic E-state index is -4.25. The highest BCUT2D eigenvalue weighted by molar-refractivity contribution is 7.93. The zero-order chi connectivity index (χ0) is 27.9. The Hall–Kier alpha value is -2.99. The van der Waals surface area contributed by atoms with Gasteiger partial charge in [0.05, 0.1) is 23.1 Å². The molecule has 10 nitrogen and oxygen atoms in total. The summed E-state index contributed by atoms with van der Waals surface area (Å²) in [7, 11) is -4.25. The van der Waals surface area contributed by atoms with E-state index in [9.17, 15) is 13.2 Å². The molecule has 0 saturated carbocycles. The molecule has 14 heteroatoms. The minimum Gasteiger partial charge on any atom is -0.490 e. The zero-order valence-electron chi connectivity index (χ0n) is 21.9. The van der Waals surface area contributed by atoms with E-state index in [1.807, 2.05) is 11.8 Å². The van der Waals surface area contributed by atoms with E-state index in [0.717, 1.165) is 30.2 Å². The van der Waals surface area contributed by atoms with Gasteiger partial charge in [-0.15, -0.1) is 24.8 Å². The Balaban J connectivity index is 0.00000400. The van der Waals surface area contributed by atoms with E-state index >= 15 is 0 Å². The van der Waals surface area contributed by atoms with Crippen LogP contribution in [-0.4, -0.2) is 67.6 Å². The fraction of sp³-hybridized carbons (Fsp3) is 0.346. The maximum atomic E-state index is 12.9. The topological polar surface area (TPSA) is 161 Å². The number of carbonyl (C=O) groups is 1. The van der Waals surface area contributed by atoms with Crippen molar-refractivity contribution < 1.29 is 23.1 Å². The molecule has 1 aliphatic heterocycles. The number of likely N-dealkylation sites (tertiary alicyclic amines) is 1. The molecule has 0 atom stereocenters. The summed E-state index contributed by atoms with van der Waals surface area (Å²) in [5.74, 6) is -1.58. The number of nitrogens with zero attached hydrogens (tertiary/aromatic N) is 2. The van der Waals surface area contributed by atoms with E-state index in [0.29, 0.717) is 29.1 Å². The number of benzene rings is 2. The van der Waals surface area contributed by atoms with Gasteiger partial charge in [-0.3, -0.25) is 19.9 Å². The van der Waals surface area contributed by atoms with Crippen LogP contribution in [0.15, 0.2) is 48.5 Å². The zero-order valence-corrected chi connectivity index (χ0v) is 25.1. The van der Waals surface area contributed by atoms with Gasteiger partial charge in [-0.05, 0) is 23.8 Å². The molecule has 0 spiro atoms. The highest BCUT2D eigenvalue weighted by Crippen LogP contribution is 2.33. The summed E-state index contributed by atoms with van der Waals surface area (Å²) in [6, 6.07) is 11.5. The molecule has 1 aliphatic rings. The minimum absolute atomic E-state index is 0. The Labute approximate surface area is 252 Å². The molecular formula is C26H34Cl3N5O5S. The number of nitrogens with one attached hydrogen (secondary N) is 2. The molecule has 0 unspecified atom stereocenters. The van der Waals surface area contributed by atoms with Crippen LogP contribution >= 0.6 is 36.4 Å². The number of carboxylic acid groups (broad SMARTS) is 1. The van der Waals surface area contributed by atoms with Crippen molar-refractivity contribution in [3.63, 3.8) is 0 Å². The number of hydrogen-bond donors (Lipinski definition) is 4. The smallest absolute Gasteiger partial charge is 0.320 e. The molecule has 0 amide bonds. The van der Waals surface area contributed by atoms with Crippen LogP contribution in [0.25, 0.3) is 6.08 Å². The first-order valence-electron chi connectivity index (χ1n) is 12.1. The number of nitrogens with two attached hydrogens (primary N) is 1. The Morgan fingerprint density at radius 3 is 2.45 bits per heavy atom. The molecule has 40 heavy (non-hydrogen) atoms. The number of aliphatic carboxylic acids is 1. The molecule has 1 heterocycles. The molecule has 0 bridgehead atoms. The predicted octanol–water partition coefficient (Wildman–Crippen LogP) is 4.63. The summed E-state index contributed by atoms with van der Waals surface area (Å²) < 4.78 is 32.9. The van der Waals surface area contributed by atoms with Crippen molar-refractivity contribution in [2.45, 2.75) is 32.3 Å². The lowest BCUT2D eigenvalue weighted by molar-refractivity contribution is -0.134. The van der Waals surface area contributed by atoms with Crippen LogP contribution in [-0.2, 0) is 14.8 Å². The van der Waals surface area contributed by atoms with Gasteiger partial charge in [0.25, 0.3) is 0 Å². The van der Waals surface area contributed by atoms with E-state index in [1.165, 1.54) is 12.1 Å². The lowest BCUT2D eigenvalue weighted by Gasteiger charge is -2.33. The van der Waals surface area contributed by atoms with E-state index in [4.69, 9.17) is 38.0 Å². The first-order chi connectivity index (χ1) is 18.0. The third-order valence-electron chi connectivity index (χ3n) is 6.07. The number of rotatable bonds is 11. The number of sulfonamides is 1. The highest BCUT2D eigenvalue weighted by Gasteiger charge is 2.27. The molecule has 1 saturated heterocycles. The van der Waals surface area contributed by atoms with Gasteiger partial charge in [-0.1, -0.05) is 48.9 Å². The van der Waals surface area contributed by atoms with Gasteiger partial charge in [0, 0.05) is 44.0 Å². The number of carboxylic acids is 1. The van der Waals surface area contributed by atoms with E-state index in [-0.39, 0.29) is 54.0 Å². The molecule has 1 fully saturated rings. The fourth-order valence-corrected chi connectivity index (χ4v) is 5.68. The van der Waals surface area contributed by atoms with Crippen molar-refractivity contribution in [2.75, 3.05) is 29.7 Å². The largest absolute Gasteiger partial charge is 0.490 e. The van der Waals surface area contributed by atoms with E-state index in [2.05, 4.69) is 0 Å². The molecule has 220 valence electrons. The second-order valence-electron chi connectivity index (χ2n) is 8.84. The maximum absolute atomic E-state index is 12.9. The van der Waals surface area contributed by atoms with Crippen LogP contribution in [0.3, 0.4) is 0 Å². The Morgan fingerprint density at radius 2 is 1.88 bits per heavy atom. The van der Waals surface area contributed by atoms with Crippen LogP contribution in [0.1, 0.15) is 37.3 Å². The molecule has 0 aromatic heterocycles. The maximum Gasteiger partial charge on any atom is 0.320 e. The van der Waals surface area contributed by atoms with Gasteiger partial charge in [0.15, 0.2) is 5.75 Å². The molecule has 0 aliphatic carbocycles. The first-order valence-corrected chi connectivity index (χ1v) is 14.1. The lowest BCUT2D eigenvalue weighted by Crippen LogP contribution is -2.41. The van der Waals surface area contributed by atoms with Gasteiger partial charge in [0.1, 0.15) is 17.7 Å². The third kappa shape index (κ3) is 9.58. The SMILES string of the molecule is CCC(=N)N1CCC(Oc2ccc(N(C/C=C/c3cccc(C(=N)N)c3)S(=O)(=O)CC(=O)O)c(Cl)c2)CC1.Cl.Cl. The molecule has 3 rings (SSSR count). The van der Waals surface area contributed by atoms with Gasteiger partial charge < -0.3 is 20.5 Å². The lowest BCUT2D eigenvalue weighted by atomic mass is 10.1. The summed E-state index contributed by atoms with van der Waals surface area (Å²) in [6.45, 7) is 3.25. The number of hydrogen-bond acceptors (Lipinski definition) is 6. The van der Waals surface area contributed by atoms with Crippen molar-refractivity contribution in [3.8, 4) is 5.75 Å². The second kappa shape index (κ2) is 15.7. The average molecular weight is 635 g/mol. The van der Waals surface area contributed by atoms with Crippen LogP contribution in [0, 0.1) is 10.8 Å². The summed E-state index contributed by atoms with van der Waals surface area (Å²) in [6.07, 6.45) is 5.35. The molecule has 2 aromatic rings. The number of anilines is 1.